The van der Waals surface area contributed by atoms with Crippen molar-refractivity contribution in [3.63, 3.8) is 0 Å². The standard InChI is InChI=1S/C19H30N4S/c1-16-3-2-8-22(14-16)15-18-6-4-17(5-7-18)13-21-19(20)23-9-11-24-12-10-23/h4-7,16H,2-3,8-15H2,1H3,(H2,20,21). The Morgan fingerprint density at radius 3 is 2.58 bits per heavy atom. The van der Waals surface area contributed by atoms with Crippen LogP contribution in [0, 0.1) is 5.92 Å². The van der Waals surface area contributed by atoms with E-state index in [1.165, 1.54) is 37.1 Å². The third-order valence-electron chi connectivity index (χ3n) is 4.93. The Morgan fingerprint density at radius 2 is 1.88 bits per heavy atom. The highest BCUT2D eigenvalue weighted by molar-refractivity contribution is 7.99. The Labute approximate surface area is 150 Å². The van der Waals surface area contributed by atoms with Gasteiger partial charge in [0.15, 0.2) is 5.96 Å². The van der Waals surface area contributed by atoms with Crippen LogP contribution in [0.5, 0.6) is 0 Å². The van der Waals surface area contributed by atoms with Crippen LogP contribution in [0.25, 0.3) is 0 Å². The number of benzene rings is 1. The molecule has 2 fully saturated rings. The van der Waals surface area contributed by atoms with Crippen LogP contribution in [-0.4, -0.2) is 53.4 Å². The van der Waals surface area contributed by atoms with E-state index in [2.05, 4.69) is 46.0 Å². The fourth-order valence-electron chi connectivity index (χ4n) is 3.50. The van der Waals surface area contributed by atoms with Gasteiger partial charge in [-0.15, -0.1) is 0 Å². The highest BCUT2D eigenvalue weighted by Crippen LogP contribution is 2.18. The van der Waals surface area contributed by atoms with Crippen molar-refractivity contribution in [2.75, 3.05) is 37.7 Å². The topological polar surface area (TPSA) is 44.9 Å². The Bertz CT molecular complexity index is 537. The van der Waals surface area contributed by atoms with Crippen LogP contribution < -0.4 is 5.73 Å². The molecule has 2 N–H and O–H groups in total. The molecule has 2 heterocycles. The van der Waals surface area contributed by atoms with Crippen molar-refractivity contribution in [1.29, 1.82) is 0 Å². The van der Waals surface area contributed by atoms with Gasteiger partial charge in [-0.2, -0.15) is 11.8 Å². The summed E-state index contributed by atoms with van der Waals surface area (Å²) in [5, 5.41) is 0. The first-order valence-corrected chi connectivity index (χ1v) is 10.3. The van der Waals surface area contributed by atoms with Crippen LogP contribution in [0.3, 0.4) is 0 Å². The molecule has 5 heteroatoms. The predicted molar refractivity (Wildman–Crippen MR) is 104 cm³/mol. The van der Waals surface area contributed by atoms with Crippen LogP contribution >= 0.6 is 11.8 Å². The average molecular weight is 347 g/mol. The maximum atomic E-state index is 6.12. The summed E-state index contributed by atoms with van der Waals surface area (Å²) in [7, 11) is 0. The highest BCUT2D eigenvalue weighted by atomic mass is 32.2. The van der Waals surface area contributed by atoms with Gasteiger partial charge in [0, 0.05) is 37.7 Å². The van der Waals surface area contributed by atoms with Gasteiger partial charge >= 0.3 is 0 Å². The number of thioether (sulfide) groups is 1. The number of likely N-dealkylation sites (tertiary alicyclic amines) is 1. The molecule has 1 aromatic rings. The minimum Gasteiger partial charge on any atom is -0.370 e. The predicted octanol–water partition coefficient (Wildman–Crippen LogP) is 2.78. The van der Waals surface area contributed by atoms with E-state index in [0.717, 1.165) is 37.1 Å². The van der Waals surface area contributed by atoms with E-state index < -0.39 is 0 Å². The fourth-order valence-corrected chi connectivity index (χ4v) is 4.41. The Kier molecular flexibility index (Phi) is 6.44. The first kappa shape index (κ1) is 17.6. The van der Waals surface area contributed by atoms with Crippen LogP contribution in [0.2, 0.25) is 0 Å². The molecule has 4 nitrogen and oxygen atoms in total. The van der Waals surface area contributed by atoms with E-state index in [1.54, 1.807) is 0 Å². The van der Waals surface area contributed by atoms with E-state index in [1.807, 2.05) is 11.8 Å². The Hall–Kier alpha value is -1.20. The number of guanidine groups is 1. The molecular weight excluding hydrogens is 316 g/mol. The maximum Gasteiger partial charge on any atom is 0.191 e. The molecule has 0 radical (unpaired) electrons. The van der Waals surface area contributed by atoms with Crippen LogP contribution in [-0.2, 0) is 13.1 Å². The van der Waals surface area contributed by atoms with E-state index in [0.29, 0.717) is 12.5 Å². The summed E-state index contributed by atoms with van der Waals surface area (Å²) in [6, 6.07) is 8.90. The average Bonchev–Trinajstić information content (AvgIpc) is 2.62. The summed E-state index contributed by atoms with van der Waals surface area (Å²) in [6.07, 6.45) is 2.72. The van der Waals surface area contributed by atoms with Crippen LogP contribution in [0.15, 0.2) is 29.3 Å². The molecule has 3 rings (SSSR count). The molecule has 0 aliphatic carbocycles. The number of rotatable bonds is 4. The molecule has 24 heavy (non-hydrogen) atoms. The zero-order valence-corrected chi connectivity index (χ0v) is 15.6. The molecule has 2 saturated heterocycles. The van der Waals surface area contributed by atoms with E-state index in [4.69, 9.17) is 5.73 Å². The number of aliphatic imine (C=N–C) groups is 1. The van der Waals surface area contributed by atoms with E-state index in [-0.39, 0.29) is 0 Å². The quantitative estimate of drug-likeness (QED) is 0.673. The van der Waals surface area contributed by atoms with Crippen molar-refractivity contribution in [2.45, 2.75) is 32.9 Å². The zero-order chi connectivity index (χ0) is 16.8. The van der Waals surface area contributed by atoms with Gasteiger partial charge in [0.25, 0.3) is 0 Å². The molecule has 0 aromatic heterocycles. The second-order valence-corrected chi connectivity index (χ2v) is 8.30. The molecule has 0 saturated carbocycles. The fraction of sp³-hybridized carbons (Fsp3) is 0.632. The molecule has 1 atom stereocenters. The second kappa shape index (κ2) is 8.77. The monoisotopic (exact) mass is 346 g/mol. The van der Waals surface area contributed by atoms with E-state index >= 15 is 0 Å². The first-order chi connectivity index (χ1) is 11.7. The third kappa shape index (κ3) is 5.15. The molecule has 132 valence electrons. The van der Waals surface area contributed by atoms with Crippen molar-refractivity contribution in [3.05, 3.63) is 35.4 Å². The van der Waals surface area contributed by atoms with Gasteiger partial charge in [0.05, 0.1) is 6.54 Å². The lowest BCUT2D eigenvalue weighted by Crippen LogP contribution is -2.42. The summed E-state index contributed by atoms with van der Waals surface area (Å²) in [6.45, 7) is 8.62. The van der Waals surface area contributed by atoms with Gasteiger partial charge in [-0.25, -0.2) is 4.99 Å². The van der Waals surface area contributed by atoms with Gasteiger partial charge in [-0.1, -0.05) is 31.2 Å². The lowest BCUT2D eigenvalue weighted by molar-refractivity contribution is 0.176. The third-order valence-corrected chi connectivity index (χ3v) is 5.87. The van der Waals surface area contributed by atoms with Gasteiger partial charge in [0.2, 0.25) is 0 Å². The van der Waals surface area contributed by atoms with Gasteiger partial charge in [-0.3, -0.25) is 4.90 Å². The van der Waals surface area contributed by atoms with Gasteiger partial charge in [-0.05, 0) is 36.4 Å². The minimum atomic E-state index is 0.677. The van der Waals surface area contributed by atoms with Gasteiger partial charge < -0.3 is 10.6 Å². The van der Waals surface area contributed by atoms with Crippen molar-refractivity contribution in [3.8, 4) is 0 Å². The summed E-state index contributed by atoms with van der Waals surface area (Å²) in [5.74, 6) is 3.84. The highest BCUT2D eigenvalue weighted by Gasteiger charge is 2.16. The molecule has 0 amide bonds. The zero-order valence-electron chi connectivity index (χ0n) is 14.8. The van der Waals surface area contributed by atoms with E-state index in [9.17, 15) is 0 Å². The first-order valence-electron chi connectivity index (χ1n) is 9.13. The number of hydrogen-bond donors (Lipinski definition) is 1. The molecule has 2 aliphatic rings. The summed E-state index contributed by atoms with van der Waals surface area (Å²) >= 11 is 1.99. The van der Waals surface area contributed by atoms with Crippen molar-refractivity contribution < 1.29 is 0 Å². The molecule has 1 aromatic carbocycles. The summed E-state index contributed by atoms with van der Waals surface area (Å²) < 4.78 is 0. The van der Waals surface area contributed by atoms with Crippen molar-refractivity contribution >= 4 is 17.7 Å². The van der Waals surface area contributed by atoms with Crippen LogP contribution in [0.4, 0.5) is 0 Å². The number of nitrogens with two attached hydrogens (primary N) is 1. The SMILES string of the molecule is CC1CCCN(Cc2ccc(CN=C(N)N3CCSCC3)cc2)C1. The van der Waals surface area contributed by atoms with Crippen molar-refractivity contribution in [1.82, 2.24) is 9.80 Å². The Balaban J connectivity index is 1.50. The normalized spacial score (nSPS) is 23.5. The van der Waals surface area contributed by atoms with Crippen molar-refractivity contribution in [2.24, 2.45) is 16.6 Å². The molecular formula is C19H30N4S. The minimum absolute atomic E-state index is 0.677. The largest absolute Gasteiger partial charge is 0.370 e. The molecule has 2 aliphatic heterocycles. The molecule has 0 bridgehead atoms. The maximum absolute atomic E-state index is 6.12. The lowest BCUT2D eigenvalue weighted by atomic mass is 9.99. The smallest absolute Gasteiger partial charge is 0.191 e. The van der Waals surface area contributed by atoms with Gasteiger partial charge in [0.1, 0.15) is 0 Å². The lowest BCUT2D eigenvalue weighted by Gasteiger charge is -2.30. The summed E-state index contributed by atoms with van der Waals surface area (Å²) in [5.41, 5.74) is 8.76. The number of nitrogens with zero attached hydrogens (tertiary/aromatic N) is 3. The number of piperidine rings is 1. The van der Waals surface area contributed by atoms with Crippen LogP contribution in [0.1, 0.15) is 30.9 Å². The summed E-state index contributed by atoms with van der Waals surface area (Å²) in [4.78, 5) is 9.35. The molecule has 0 spiro atoms. The Morgan fingerprint density at radius 1 is 1.17 bits per heavy atom. The second-order valence-electron chi connectivity index (χ2n) is 7.07. The molecule has 1 unspecified atom stereocenters. The number of hydrogen-bond acceptors (Lipinski definition) is 3.